The molecule has 0 radical (unpaired) electrons. The number of rotatable bonds is 4. The minimum absolute atomic E-state index is 0.0731. The van der Waals surface area contributed by atoms with Gasteiger partial charge in [-0.25, -0.2) is 0 Å². The van der Waals surface area contributed by atoms with Crippen molar-refractivity contribution in [1.82, 2.24) is 5.32 Å². The van der Waals surface area contributed by atoms with Crippen LogP contribution < -0.4 is 11.1 Å². The summed E-state index contributed by atoms with van der Waals surface area (Å²) in [4.78, 5) is 12.9. The van der Waals surface area contributed by atoms with Crippen LogP contribution in [0.2, 0.25) is 0 Å². The van der Waals surface area contributed by atoms with E-state index in [0.717, 1.165) is 29.0 Å². The van der Waals surface area contributed by atoms with Gasteiger partial charge in [0.2, 0.25) is 5.91 Å². The Morgan fingerprint density at radius 1 is 1.53 bits per heavy atom. The van der Waals surface area contributed by atoms with Gasteiger partial charge < -0.3 is 11.1 Å². The van der Waals surface area contributed by atoms with Gasteiger partial charge in [0, 0.05) is 16.6 Å². The van der Waals surface area contributed by atoms with Crippen LogP contribution in [0.5, 0.6) is 0 Å². The number of anilines is 1. The highest BCUT2D eigenvalue weighted by Gasteiger charge is 2.26. The first kappa shape index (κ1) is 12.3. The van der Waals surface area contributed by atoms with Crippen molar-refractivity contribution >= 4 is 23.4 Å². The number of benzene rings is 1. The molecule has 2 rings (SSSR count). The molecule has 92 valence electrons. The summed E-state index contributed by atoms with van der Waals surface area (Å²) in [5.74, 6) is 0.124. The second-order valence-corrected chi connectivity index (χ2v) is 5.90. The van der Waals surface area contributed by atoms with Crippen LogP contribution in [0.1, 0.15) is 25.3 Å². The highest BCUT2D eigenvalue weighted by Crippen LogP contribution is 2.30. The predicted octanol–water partition coefficient (Wildman–Crippen LogP) is 2.34. The zero-order valence-corrected chi connectivity index (χ0v) is 11.0. The number of thioether (sulfide) groups is 1. The summed E-state index contributed by atoms with van der Waals surface area (Å²) in [5.41, 5.74) is 7.69. The Hall–Kier alpha value is -1.16. The molecule has 3 nitrogen and oxygen atoms in total. The monoisotopic (exact) mass is 250 g/mol. The van der Waals surface area contributed by atoms with Crippen molar-refractivity contribution in [3.63, 3.8) is 0 Å². The molecule has 0 aliphatic heterocycles. The van der Waals surface area contributed by atoms with Crippen molar-refractivity contribution in [2.75, 3.05) is 5.73 Å². The minimum atomic E-state index is -0.0731. The molecule has 1 aromatic rings. The van der Waals surface area contributed by atoms with Gasteiger partial charge in [0.1, 0.15) is 0 Å². The molecule has 3 N–H and O–H groups in total. The zero-order valence-electron chi connectivity index (χ0n) is 10.2. The average Bonchev–Trinajstić information content (AvgIpc) is 3.08. The van der Waals surface area contributed by atoms with Crippen molar-refractivity contribution in [2.45, 2.75) is 42.9 Å². The number of carbonyl (C=O) groups excluding carboxylic acids is 1. The zero-order chi connectivity index (χ0) is 12.4. The molecule has 1 saturated carbocycles. The molecule has 1 aromatic carbocycles. The van der Waals surface area contributed by atoms with Crippen molar-refractivity contribution < 1.29 is 4.79 Å². The molecule has 0 saturated heterocycles. The fourth-order valence-corrected chi connectivity index (χ4v) is 2.56. The SMILES string of the molecule is Cc1c(N)cccc1SC(C)C(=O)NC1CC1. The van der Waals surface area contributed by atoms with E-state index in [1.54, 1.807) is 11.8 Å². The molecule has 0 heterocycles. The summed E-state index contributed by atoms with van der Waals surface area (Å²) >= 11 is 1.57. The Morgan fingerprint density at radius 3 is 2.88 bits per heavy atom. The van der Waals surface area contributed by atoms with E-state index < -0.39 is 0 Å². The lowest BCUT2D eigenvalue weighted by atomic mass is 10.2. The van der Waals surface area contributed by atoms with Crippen LogP contribution >= 0.6 is 11.8 Å². The Bertz CT molecular complexity index is 429. The van der Waals surface area contributed by atoms with Gasteiger partial charge in [0.05, 0.1) is 5.25 Å². The van der Waals surface area contributed by atoms with E-state index in [1.165, 1.54) is 0 Å². The van der Waals surface area contributed by atoms with E-state index in [0.29, 0.717) is 6.04 Å². The maximum absolute atomic E-state index is 11.8. The number of nitrogens with two attached hydrogens (primary N) is 1. The van der Waals surface area contributed by atoms with Crippen LogP contribution in [-0.2, 0) is 4.79 Å². The smallest absolute Gasteiger partial charge is 0.233 e. The maximum Gasteiger partial charge on any atom is 0.233 e. The minimum Gasteiger partial charge on any atom is -0.398 e. The van der Waals surface area contributed by atoms with Crippen LogP contribution in [0.25, 0.3) is 0 Å². The maximum atomic E-state index is 11.8. The van der Waals surface area contributed by atoms with Crippen LogP contribution in [0, 0.1) is 6.92 Å². The van der Waals surface area contributed by atoms with Crippen molar-refractivity contribution in [3.05, 3.63) is 23.8 Å². The first-order valence-corrected chi connectivity index (χ1v) is 6.78. The number of nitrogens with one attached hydrogen (secondary N) is 1. The van der Waals surface area contributed by atoms with Gasteiger partial charge in [-0.1, -0.05) is 6.07 Å². The number of nitrogen functional groups attached to an aromatic ring is 1. The quantitative estimate of drug-likeness (QED) is 0.637. The fraction of sp³-hybridized carbons (Fsp3) is 0.462. The standard InChI is InChI=1S/C13H18N2OS/c1-8-11(14)4-3-5-12(8)17-9(2)13(16)15-10-6-7-10/h3-5,9-10H,6-7,14H2,1-2H3,(H,15,16). The van der Waals surface area contributed by atoms with E-state index in [9.17, 15) is 4.79 Å². The lowest BCUT2D eigenvalue weighted by molar-refractivity contribution is -0.120. The first-order chi connectivity index (χ1) is 8.08. The van der Waals surface area contributed by atoms with Crippen LogP contribution in [0.15, 0.2) is 23.1 Å². The van der Waals surface area contributed by atoms with E-state index in [2.05, 4.69) is 5.32 Å². The first-order valence-electron chi connectivity index (χ1n) is 5.90. The Morgan fingerprint density at radius 2 is 2.24 bits per heavy atom. The number of hydrogen-bond acceptors (Lipinski definition) is 3. The third-order valence-electron chi connectivity index (χ3n) is 2.92. The predicted molar refractivity (Wildman–Crippen MR) is 72.1 cm³/mol. The summed E-state index contributed by atoms with van der Waals surface area (Å²) in [6.45, 7) is 3.92. The molecule has 0 spiro atoms. The number of amides is 1. The van der Waals surface area contributed by atoms with E-state index in [4.69, 9.17) is 5.73 Å². The van der Waals surface area contributed by atoms with Crippen LogP contribution in [0.3, 0.4) is 0 Å². The third-order valence-corrected chi connectivity index (χ3v) is 4.19. The molecule has 1 fully saturated rings. The second kappa shape index (κ2) is 5.00. The topological polar surface area (TPSA) is 55.1 Å². The molecular weight excluding hydrogens is 232 g/mol. The number of hydrogen-bond donors (Lipinski definition) is 2. The van der Waals surface area contributed by atoms with Crippen molar-refractivity contribution in [1.29, 1.82) is 0 Å². The normalized spacial score (nSPS) is 16.6. The van der Waals surface area contributed by atoms with Crippen LogP contribution in [0.4, 0.5) is 5.69 Å². The largest absolute Gasteiger partial charge is 0.398 e. The van der Waals surface area contributed by atoms with E-state index >= 15 is 0 Å². The van der Waals surface area contributed by atoms with Crippen LogP contribution in [-0.4, -0.2) is 17.2 Å². The Kier molecular flexibility index (Phi) is 3.62. The second-order valence-electron chi connectivity index (χ2n) is 4.51. The van der Waals surface area contributed by atoms with Gasteiger partial charge in [-0.3, -0.25) is 4.79 Å². The van der Waals surface area contributed by atoms with Gasteiger partial charge in [-0.15, -0.1) is 11.8 Å². The lowest BCUT2D eigenvalue weighted by Gasteiger charge is -2.13. The molecule has 1 unspecified atom stereocenters. The molecule has 4 heteroatoms. The summed E-state index contributed by atoms with van der Waals surface area (Å²) < 4.78 is 0. The molecule has 1 aliphatic carbocycles. The van der Waals surface area contributed by atoms with Gasteiger partial charge in [0.15, 0.2) is 0 Å². The summed E-state index contributed by atoms with van der Waals surface area (Å²) in [6, 6.07) is 6.24. The average molecular weight is 250 g/mol. The summed E-state index contributed by atoms with van der Waals surface area (Å²) in [6.07, 6.45) is 2.25. The van der Waals surface area contributed by atoms with Gasteiger partial charge in [-0.2, -0.15) is 0 Å². The molecule has 1 aliphatic rings. The summed E-state index contributed by atoms with van der Waals surface area (Å²) in [5, 5.41) is 2.94. The lowest BCUT2D eigenvalue weighted by Crippen LogP contribution is -2.32. The molecule has 0 bridgehead atoms. The molecule has 0 aromatic heterocycles. The van der Waals surface area contributed by atoms with Crippen molar-refractivity contribution in [2.24, 2.45) is 0 Å². The van der Waals surface area contributed by atoms with E-state index in [1.807, 2.05) is 32.0 Å². The Balaban J connectivity index is 1.99. The highest BCUT2D eigenvalue weighted by atomic mass is 32.2. The molecule has 17 heavy (non-hydrogen) atoms. The molecular formula is C13H18N2OS. The Labute approximate surface area is 106 Å². The molecule has 1 atom stereocenters. The van der Waals surface area contributed by atoms with E-state index in [-0.39, 0.29) is 11.2 Å². The number of carbonyl (C=O) groups is 1. The van der Waals surface area contributed by atoms with Gasteiger partial charge in [0.25, 0.3) is 0 Å². The van der Waals surface area contributed by atoms with Gasteiger partial charge in [-0.05, 0) is 44.4 Å². The van der Waals surface area contributed by atoms with Crippen molar-refractivity contribution in [3.8, 4) is 0 Å². The fourth-order valence-electron chi connectivity index (χ4n) is 1.55. The van der Waals surface area contributed by atoms with Gasteiger partial charge >= 0.3 is 0 Å². The highest BCUT2D eigenvalue weighted by molar-refractivity contribution is 8.00. The molecule has 1 amide bonds. The third kappa shape index (κ3) is 3.16. The summed E-state index contributed by atoms with van der Waals surface area (Å²) in [7, 11) is 0.